The first-order valence-electron chi connectivity index (χ1n) is 5.84. The van der Waals surface area contributed by atoms with Gasteiger partial charge in [0.05, 0.1) is 11.5 Å². The summed E-state index contributed by atoms with van der Waals surface area (Å²) in [5.41, 5.74) is 0.415. The summed E-state index contributed by atoms with van der Waals surface area (Å²) in [6.45, 7) is 2.51. The molecule has 5 nitrogen and oxygen atoms in total. The zero-order chi connectivity index (χ0) is 13.2. The van der Waals surface area contributed by atoms with Crippen LogP contribution in [0.5, 0.6) is 0 Å². The van der Waals surface area contributed by atoms with Crippen LogP contribution in [0.3, 0.4) is 0 Å². The van der Waals surface area contributed by atoms with Gasteiger partial charge in [-0.25, -0.2) is 8.42 Å². The minimum absolute atomic E-state index is 0.0746. The number of carbonyl (C=O) groups excluding carboxylic acids is 1. The van der Waals surface area contributed by atoms with Crippen LogP contribution in [0.1, 0.15) is 30.1 Å². The van der Waals surface area contributed by atoms with Gasteiger partial charge in [-0.15, -0.1) is 0 Å². The first kappa shape index (κ1) is 13.2. The summed E-state index contributed by atoms with van der Waals surface area (Å²) in [5.74, 6) is -0.0746. The van der Waals surface area contributed by atoms with E-state index in [-0.39, 0.29) is 10.7 Å². The highest BCUT2D eigenvalue weighted by Crippen LogP contribution is 2.21. The van der Waals surface area contributed by atoms with E-state index in [0.717, 1.165) is 4.47 Å². The Hall–Kier alpha value is -1.24. The highest BCUT2D eigenvalue weighted by Gasteiger charge is 2.29. The van der Waals surface area contributed by atoms with Crippen molar-refractivity contribution in [2.24, 2.45) is 0 Å². The molecule has 1 aromatic rings. The molecular weight excluding hydrogens is 254 g/mol. The Morgan fingerprint density at radius 2 is 2.22 bits per heavy atom. The van der Waals surface area contributed by atoms with Crippen molar-refractivity contribution in [1.82, 2.24) is 4.47 Å². The number of rotatable bonds is 4. The molecule has 0 unspecified atom stereocenters. The van der Waals surface area contributed by atoms with Gasteiger partial charge in [-0.3, -0.25) is 9.63 Å². The van der Waals surface area contributed by atoms with Crippen LogP contribution in [0.4, 0.5) is 0 Å². The average molecular weight is 269 g/mol. The second-order valence-corrected chi connectivity index (χ2v) is 5.85. The third-order valence-corrected chi connectivity index (χ3v) is 4.44. The lowest BCUT2D eigenvalue weighted by atomic mass is 10.1. The lowest BCUT2D eigenvalue weighted by Crippen LogP contribution is -2.26. The van der Waals surface area contributed by atoms with Gasteiger partial charge in [0.25, 0.3) is 10.0 Å². The van der Waals surface area contributed by atoms with E-state index in [4.69, 9.17) is 4.84 Å². The van der Waals surface area contributed by atoms with Gasteiger partial charge in [0, 0.05) is 18.5 Å². The molecular formula is C12H15NO4S. The molecule has 0 spiro atoms. The number of hydroxylamine groups is 1. The molecule has 1 heterocycles. The maximum Gasteiger partial charge on any atom is 0.265 e. The van der Waals surface area contributed by atoms with E-state index in [2.05, 4.69) is 0 Å². The molecule has 1 aliphatic heterocycles. The van der Waals surface area contributed by atoms with Crippen molar-refractivity contribution in [2.75, 3.05) is 13.2 Å². The summed E-state index contributed by atoms with van der Waals surface area (Å²) in [5, 5.41) is 0. The number of nitrogens with zero attached hydrogens (tertiary/aromatic N) is 1. The fourth-order valence-electron chi connectivity index (χ4n) is 1.77. The molecule has 98 valence electrons. The molecule has 1 aromatic carbocycles. The minimum Gasteiger partial charge on any atom is -0.294 e. The van der Waals surface area contributed by atoms with E-state index >= 15 is 0 Å². The third-order valence-electron chi connectivity index (χ3n) is 2.76. The molecule has 0 radical (unpaired) electrons. The SMILES string of the molecule is CCC(=O)c1cccc(S(=O)(=O)N2CCCO2)c1. The Morgan fingerprint density at radius 3 is 2.83 bits per heavy atom. The third kappa shape index (κ3) is 2.45. The smallest absolute Gasteiger partial charge is 0.265 e. The number of carbonyl (C=O) groups is 1. The summed E-state index contributed by atoms with van der Waals surface area (Å²) in [7, 11) is -3.64. The lowest BCUT2D eigenvalue weighted by molar-refractivity contribution is -0.0284. The zero-order valence-corrected chi connectivity index (χ0v) is 10.9. The Bertz CT molecular complexity index is 547. The number of Topliss-reactive ketones (excluding diaryl/α,β-unsaturated/α-hetero) is 1. The van der Waals surface area contributed by atoms with Gasteiger partial charge >= 0.3 is 0 Å². The normalized spacial score (nSPS) is 16.9. The zero-order valence-electron chi connectivity index (χ0n) is 10.1. The Kier molecular flexibility index (Phi) is 3.79. The summed E-state index contributed by atoms with van der Waals surface area (Å²) in [6.07, 6.45) is 1.04. The maximum atomic E-state index is 12.2. The van der Waals surface area contributed by atoms with Crippen LogP contribution in [-0.2, 0) is 14.9 Å². The van der Waals surface area contributed by atoms with Crippen molar-refractivity contribution in [2.45, 2.75) is 24.7 Å². The molecule has 0 N–H and O–H groups in total. The molecule has 1 aliphatic rings. The molecule has 1 fully saturated rings. The van der Waals surface area contributed by atoms with Gasteiger partial charge in [0.2, 0.25) is 0 Å². The van der Waals surface area contributed by atoms with Crippen molar-refractivity contribution >= 4 is 15.8 Å². The minimum atomic E-state index is -3.64. The first-order chi connectivity index (χ1) is 8.55. The monoisotopic (exact) mass is 269 g/mol. The van der Waals surface area contributed by atoms with Gasteiger partial charge in [-0.2, -0.15) is 0 Å². The van der Waals surface area contributed by atoms with Gasteiger partial charge in [0.15, 0.2) is 5.78 Å². The van der Waals surface area contributed by atoms with Crippen LogP contribution < -0.4 is 0 Å². The van der Waals surface area contributed by atoms with Crippen LogP contribution in [0.2, 0.25) is 0 Å². The van der Waals surface area contributed by atoms with E-state index in [9.17, 15) is 13.2 Å². The van der Waals surface area contributed by atoms with Gasteiger partial charge in [0.1, 0.15) is 0 Å². The number of sulfonamides is 1. The van der Waals surface area contributed by atoms with Crippen LogP contribution in [0, 0.1) is 0 Å². The standard InChI is InChI=1S/C12H15NO4S/c1-2-12(14)10-5-3-6-11(9-10)18(15,16)13-7-4-8-17-13/h3,5-6,9H,2,4,7-8H2,1H3. The van der Waals surface area contributed by atoms with Crippen molar-refractivity contribution < 1.29 is 18.0 Å². The second-order valence-electron chi connectivity index (χ2n) is 4.02. The van der Waals surface area contributed by atoms with Crippen LogP contribution in [0.25, 0.3) is 0 Å². The van der Waals surface area contributed by atoms with Crippen LogP contribution in [-0.4, -0.2) is 31.8 Å². The second kappa shape index (κ2) is 5.17. The first-order valence-corrected chi connectivity index (χ1v) is 7.28. The Balaban J connectivity index is 2.35. The fraction of sp³-hybridized carbons (Fsp3) is 0.417. The van der Waals surface area contributed by atoms with Gasteiger partial charge in [-0.05, 0) is 18.6 Å². The van der Waals surface area contributed by atoms with E-state index in [1.807, 2.05) is 0 Å². The van der Waals surface area contributed by atoms with E-state index in [1.54, 1.807) is 19.1 Å². The maximum absolute atomic E-state index is 12.2. The van der Waals surface area contributed by atoms with E-state index in [1.165, 1.54) is 12.1 Å². The number of hydrogen-bond donors (Lipinski definition) is 0. The molecule has 2 rings (SSSR count). The predicted molar refractivity (Wildman–Crippen MR) is 65.5 cm³/mol. The quantitative estimate of drug-likeness (QED) is 0.779. The summed E-state index contributed by atoms with van der Waals surface area (Å²) >= 11 is 0. The molecule has 0 atom stereocenters. The van der Waals surface area contributed by atoms with Crippen molar-refractivity contribution in [1.29, 1.82) is 0 Å². The molecule has 18 heavy (non-hydrogen) atoms. The highest BCUT2D eigenvalue weighted by atomic mass is 32.2. The van der Waals surface area contributed by atoms with E-state index < -0.39 is 10.0 Å². The van der Waals surface area contributed by atoms with Crippen molar-refractivity contribution in [3.05, 3.63) is 29.8 Å². The number of hydrogen-bond acceptors (Lipinski definition) is 4. The molecule has 0 aliphatic carbocycles. The largest absolute Gasteiger partial charge is 0.294 e. The van der Waals surface area contributed by atoms with Crippen molar-refractivity contribution in [3.63, 3.8) is 0 Å². The fourth-order valence-corrected chi connectivity index (χ4v) is 3.11. The van der Waals surface area contributed by atoms with Gasteiger partial charge < -0.3 is 0 Å². The van der Waals surface area contributed by atoms with Crippen molar-refractivity contribution in [3.8, 4) is 0 Å². The molecule has 0 bridgehead atoms. The summed E-state index contributed by atoms with van der Waals surface area (Å²) in [6, 6.07) is 6.08. The number of benzene rings is 1. The average Bonchev–Trinajstić information content (AvgIpc) is 2.92. The summed E-state index contributed by atoms with van der Waals surface area (Å²) < 4.78 is 25.4. The lowest BCUT2D eigenvalue weighted by Gasteiger charge is -2.14. The van der Waals surface area contributed by atoms with E-state index in [0.29, 0.717) is 31.6 Å². The molecule has 0 saturated carbocycles. The molecule has 1 saturated heterocycles. The Labute approximate surface area is 106 Å². The van der Waals surface area contributed by atoms with Crippen LogP contribution >= 0.6 is 0 Å². The highest BCUT2D eigenvalue weighted by molar-refractivity contribution is 7.89. The van der Waals surface area contributed by atoms with Crippen LogP contribution in [0.15, 0.2) is 29.2 Å². The summed E-state index contributed by atoms with van der Waals surface area (Å²) in [4.78, 5) is 16.7. The Morgan fingerprint density at radius 1 is 1.44 bits per heavy atom. The topological polar surface area (TPSA) is 63.7 Å². The predicted octanol–water partition coefficient (Wildman–Crippen LogP) is 1.61. The molecule has 0 amide bonds. The molecule has 6 heteroatoms. The number of ketones is 1. The van der Waals surface area contributed by atoms with Gasteiger partial charge in [-0.1, -0.05) is 23.5 Å². The molecule has 0 aromatic heterocycles.